The van der Waals surface area contributed by atoms with Crippen LogP contribution in [0.2, 0.25) is 0 Å². The highest BCUT2D eigenvalue weighted by atomic mass is 16.4. The minimum absolute atomic E-state index is 0.0760. The number of nitrogens with one attached hydrogen (secondary N) is 2. The second-order valence-corrected chi connectivity index (χ2v) is 4.91. The number of benzene rings is 1. The van der Waals surface area contributed by atoms with Gasteiger partial charge in [0.1, 0.15) is 5.56 Å². The maximum Gasteiger partial charge on any atom is 0.339 e. The van der Waals surface area contributed by atoms with Crippen LogP contribution in [0.25, 0.3) is 0 Å². The largest absolute Gasteiger partial charge is 0.478 e. The number of anilines is 2. The number of carbonyl (C=O) groups is 2. The Hall–Kier alpha value is -2.76. The highest BCUT2D eigenvalue weighted by molar-refractivity contribution is 6.08. The molecule has 0 radical (unpaired) electrons. The number of aromatic carboxylic acids is 1. The van der Waals surface area contributed by atoms with Crippen molar-refractivity contribution in [2.24, 2.45) is 0 Å². The van der Waals surface area contributed by atoms with Gasteiger partial charge in [0, 0.05) is 37.2 Å². The Kier molecular flexibility index (Phi) is 3.98. The predicted molar refractivity (Wildman–Crippen MR) is 81.2 cm³/mol. The summed E-state index contributed by atoms with van der Waals surface area (Å²) in [7, 11) is 3.77. The maximum absolute atomic E-state index is 12.2. The number of aryl methyl sites for hydroxylation is 1. The van der Waals surface area contributed by atoms with Crippen molar-refractivity contribution >= 4 is 23.3 Å². The average Bonchev–Trinajstić information content (AvgIpc) is 2.79. The van der Waals surface area contributed by atoms with Crippen molar-refractivity contribution in [3.63, 3.8) is 0 Å². The van der Waals surface area contributed by atoms with E-state index in [9.17, 15) is 9.59 Å². The summed E-state index contributed by atoms with van der Waals surface area (Å²) in [6.07, 6.45) is 1.48. The van der Waals surface area contributed by atoms with Crippen LogP contribution < -0.4 is 10.2 Å². The molecule has 6 nitrogen and oxygen atoms in total. The molecule has 3 N–H and O–H groups in total. The number of aromatic amines is 1. The Morgan fingerprint density at radius 3 is 2.62 bits per heavy atom. The van der Waals surface area contributed by atoms with Crippen LogP contribution in [0.5, 0.6) is 0 Å². The summed E-state index contributed by atoms with van der Waals surface area (Å²) >= 11 is 0. The summed E-state index contributed by atoms with van der Waals surface area (Å²) in [4.78, 5) is 28.1. The van der Waals surface area contributed by atoms with Crippen LogP contribution in [-0.2, 0) is 0 Å². The summed E-state index contributed by atoms with van der Waals surface area (Å²) in [5, 5.41) is 11.8. The molecule has 2 rings (SSSR count). The van der Waals surface area contributed by atoms with Gasteiger partial charge in [-0.25, -0.2) is 4.79 Å². The number of carbonyl (C=O) groups excluding carboxylic acids is 1. The molecule has 1 heterocycles. The molecule has 21 heavy (non-hydrogen) atoms. The van der Waals surface area contributed by atoms with E-state index >= 15 is 0 Å². The minimum Gasteiger partial charge on any atom is -0.478 e. The van der Waals surface area contributed by atoms with E-state index in [-0.39, 0.29) is 17.2 Å². The molecule has 0 aliphatic rings. The monoisotopic (exact) mass is 287 g/mol. The molecule has 110 valence electrons. The van der Waals surface area contributed by atoms with Gasteiger partial charge in [-0.3, -0.25) is 4.79 Å². The van der Waals surface area contributed by atoms with Gasteiger partial charge in [-0.15, -0.1) is 0 Å². The Morgan fingerprint density at radius 2 is 2.00 bits per heavy atom. The van der Waals surface area contributed by atoms with Crippen LogP contribution in [0, 0.1) is 6.92 Å². The second kappa shape index (κ2) is 5.70. The molecule has 2 aromatic rings. The molecule has 0 saturated heterocycles. The predicted octanol–water partition coefficient (Wildman–Crippen LogP) is 2.34. The summed E-state index contributed by atoms with van der Waals surface area (Å²) in [6.45, 7) is 1.64. The number of nitrogens with zero attached hydrogens (tertiary/aromatic N) is 1. The van der Waals surface area contributed by atoms with E-state index < -0.39 is 5.97 Å². The van der Waals surface area contributed by atoms with Gasteiger partial charge in [-0.05, 0) is 25.1 Å². The molecule has 1 aromatic carbocycles. The van der Waals surface area contributed by atoms with Crippen LogP contribution in [0.15, 0.2) is 30.5 Å². The number of hydrogen-bond donors (Lipinski definition) is 3. The zero-order valence-electron chi connectivity index (χ0n) is 12.1. The van der Waals surface area contributed by atoms with E-state index in [0.29, 0.717) is 11.3 Å². The third kappa shape index (κ3) is 3.05. The third-order valence-electron chi connectivity index (χ3n) is 3.16. The molecule has 0 bridgehead atoms. The summed E-state index contributed by atoms with van der Waals surface area (Å²) in [6, 6.07) is 7.10. The fourth-order valence-corrected chi connectivity index (χ4v) is 2.02. The molecule has 1 aromatic heterocycles. The van der Waals surface area contributed by atoms with Gasteiger partial charge in [0.05, 0.1) is 5.69 Å². The third-order valence-corrected chi connectivity index (χ3v) is 3.16. The normalized spacial score (nSPS) is 10.2. The van der Waals surface area contributed by atoms with Gasteiger partial charge in [-0.2, -0.15) is 0 Å². The topological polar surface area (TPSA) is 85.4 Å². The molecular formula is C15H17N3O3. The molecule has 0 fully saturated rings. The number of H-pyrrole nitrogens is 1. The Morgan fingerprint density at radius 1 is 1.29 bits per heavy atom. The fourth-order valence-electron chi connectivity index (χ4n) is 2.02. The van der Waals surface area contributed by atoms with Crippen LogP contribution in [0.4, 0.5) is 11.4 Å². The zero-order chi connectivity index (χ0) is 15.6. The van der Waals surface area contributed by atoms with Gasteiger partial charge in [0.25, 0.3) is 5.91 Å². The molecular weight excluding hydrogens is 270 g/mol. The van der Waals surface area contributed by atoms with E-state index in [4.69, 9.17) is 5.11 Å². The molecule has 0 spiro atoms. The summed E-state index contributed by atoms with van der Waals surface area (Å²) in [5.74, 6) is -1.42. The molecule has 0 unspecified atom stereocenters. The quantitative estimate of drug-likeness (QED) is 0.805. The van der Waals surface area contributed by atoms with E-state index in [1.165, 1.54) is 6.20 Å². The van der Waals surface area contributed by atoms with Gasteiger partial charge in [-0.1, -0.05) is 6.07 Å². The smallest absolute Gasteiger partial charge is 0.339 e. The first kappa shape index (κ1) is 14.6. The van der Waals surface area contributed by atoms with E-state index in [2.05, 4.69) is 10.3 Å². The number of rotatable bonds is 4. The first-order valence-corrected chi connectivity index (χ1v) is 6.40. The molecule has 0 atom stereocenters. The molecule has 6 heteroatoms. The molecule has 0 saturated carbocycles. The maximum atomic E-state index is 12.2. The van der Waals surface area contributed by atoms with Gasteiger partial charge < -0.3 is 20.3 Å². The molecule has 1 amide bonds. The van der Waals surface area contributed by atoms with E-state index in [1.54, 1.807) is 25.1 Å². The lowest BCUT2D eigenvalue weighted by Gasteiger charge is -2.13. The SMILES string of the molecule is Cc1[nH]cc(NC(=O)c2cccc(N(C)C)c2)c1C(=O)O. The van der Waals surface area contributed by atoms with Crippen molar-refractivity contribution in [2.45, 2.75) is 6.92 Å². The van der Waals surface area contributed by atoms with Gasteiger partial charge in [0.2, 0.25) is 0 Å². The number of carboxylic acid groups (broad SMARTS) is 1. The van der Waals surface area contributed by atoms with Crippen molar-refractivity contribution in [2.75, 3.05) is 24.3 Å². The van der Waals surface area contributed by atoms with Crippen molar-refractivity contribution in [3.05, 3.63) is 47.3 Å². The van der Waals surface area contributed by atoms with Crippen LogP contribution >= 0.6 is 0 Å². The van der Waals surface area contributed by atoms with E-state index in [0.717, 1.165) is 5.69 Å². The average molecular weight is 287 g/mol. The first-order valence-electron chi connectivity index (χ1n) is 6.40. The first-order chi connectivity index (χ1) is 9.90. The van der Waals surface area contributed by atoms with Crippen LogP contribution in [0.3, 0.4) is 0 Å². The lowest BCUT2D eigenvalue weighted by Crippen LogP contribution is -2.15. The number of carboxylic acids is 1. The minimum atomic E-state index is -1.08. The van der Waals surface area contributed by atoms with Gasteiger partial charge in [0.15, 0.2) is 0 Å². The molecule has 0 aliphatic heterocycles. The lowest BCUT2D eigenvalue weighted by atomic mass is 10.1. The van der Waals surface area contributed by atoms with Crippen molar-refractivity contribution in [3.8, 4) is 0 Å². The fraction of sp³-hybridized carbons (Fsp3) is 0.200. The van der Waals surface area contributed by atoms with Crippen molar-refractivity contribution < 1.29 is 14.7 Å². The zero-order valence-corrected chi connectivity index (χ0v) is 12.1. The van der Waals surface area contributed by atoms with Crippen LogP contribution in [-0.4, -0.2) is 36.1 Å². The molecule has 0 aliphatic carbocycles. The Bertz CT molecular complexity index is 689. The lowest BCUT2D eigenvalue weighted by molar-refractivity contribution is 0.0697. The number of hydrogen-bond acceptors (Lipinski definition) is 3. The van der Waals surface area contributed by atoms with Crippen molar-refractivity contribution in [1.82, 2.24) is 4.98 Å². The highest BCUT2D eigenvalue weighted by Gasteiger charge is 2.17. The highest BCUT2D eigenvalue weighted by Crippen LogP contribution is 2.21. The summed E-state index contributed by atoms with van der Waals surface area (Å²) in [5.41, 5.74) is 2.20. The standard InChI is InChI=1S/C15H17N3O3/c1-9-13(15(20)21)12(8-16-9)17-14(19)10-5-4-6-11(7-10)18(2)3/h4-8,16H,1-3H3,(H,17,19)(H,20,21). The summed E-state index contributed by atoms with van der Waals surface area (Å²) < 4.78 is 0. The Labute approximate surface area is 122 Å². The van der Waals surface area contributed by atoms with Gasteiger partial charge >= 0.3 is 5.97 Å². The second-order valence-electron chi connectivity index (χ2n) is 4.91. The number of amides is 1. The Balaban J connectivity index is 2.26. The number of aromatic nitrogens is 1. The van der Waals surface area contributed by atoms with E-state index in [1.807, 2.05) is 25.1 Å². The van der Waals surface area contributed by atoms with Crippen LogP contribution in [0.1, 0.15) is 26.4 Å². The van der Waals surface area contributed by atoms with Crippen molar-refractivity contribution in [1.29, 1.82) is 0 Å².